The maximum atomic E-state index is 11.0. The molecule has 1 heterocycles. The second kappa shape index (κ2) is 9.26. The topological polar surface area (TPSA) is 41.9 Å². The Bertz CT molecular complexity index is 442. The Morgan fingerprint density at radius 3 is 2.48 bits per heavy atom. The summed E-state index contributed by atoms with van der Waals surface area (Å²) in [6, 6.07) is 7.95. The lowest BCUT2D eigenvalue weighted by Crippen LogP contribution is -2.39. The molecule has 0 aromatic heterocycles. The molecule has 0 spiro atoms. The van der Waals surface area contributed by atoms with Gasteiger partial charge in [-0.05, 0) is 37.0 Å². The summed E-state index contributed by atoms with van der Waals surface area (Å²) in [5.41, 5.74) is 0.219. The zero-order valence-corrected chi connectivity index (χ0v) is 14.6. The first-order chi connectivity index (χ1) is 11.2. The fraction of sp³-hybridized carbons (Fsp3) is 0.684. The molecule has 23 heavy (non-hydrogen) atoms. The van der Waals surface area contributed by atoms with Crippen molar-refractivity contribution in [1.29, 1.82) is 0 Å². The van der Waals surface area contributed by atoms with Crippen LogP contribution in [0.5, 0.6) is 5.75 Å². The first kappa shape index (κ1) is 18.2. The standard InChI is InChI=1S/C19H31NO3/c1-3-5-14-23-18-8-6-17(7-9-18)19(21,4-2)10-11-20-12-15-22-16-13-20/h6-9,21H,3-5,10-16H2,1-2H3/t19-/m0/s1. The van der Waals surface area contributed by atoms with Crippen LogP contribution in [-0.4, -0.2) is 49.5 Å². The first-order valence-corrected chi connectivity index (χ1v) is 8.94. The lowest BCUT2D eigenvalue weighted by atomic mass is 9.87. The van der Waals surface area contributed by atoms with Gasteiger partial charge in [0, 0.05) is 19.6 Å². The van der Waals surface area contributed by atoms with Crippen LogP contribution in [0.3, 0.4) is 0 Å². The van der Waals surface area contributed by atoms with Gasteiger partial charge in [0.25, 0.3) is 0 Å². The Kier molecular flexibility index (Phi) is 7.34. The largest absolute Gasteiger partial charge is 0.494 e. The van der Waals surface area contributed by atoms with Crippen molar-refractivity contribution in [2.45, 2.75) is 45.1 Å². The maximum absolute atomic E-state index is 11.0. The number of aliphatic hydroxyl groups is 1. The van der Waals surface area contributed by atoms with Gasteiger partial charge in [-0.3, -0.25) is 4.90 Å². The molecule has 1 saturated heterocycles. The molecule has 2 rings (SSSR count). The Morgan fingerprint density at radius 2 is 1.87 bits per heavy atom. The van der Waals surface area contributed by atoms with Gasteiger partial charge in [0.2, 0.25) is 0 Å². The van der Waals surface area contributed by atoms with Crippen molar-refractivity contribution in [2.24, 2.45) is 0 Å². The van der Waals surface area contributed by atoms with E-state index in [1.165, 1.54) is 0 Å². The third kappa shape index (κ3) is 5.48. The molecule has 1 fully saturated rings. The summed E-state index contributed by atoms with van der Waals surface area (Å²) in [4.78, 5) is 2.37. The number of morpholine rings is 1. The quantitative estimate of drug-likeness (QED) is 0.709. The van der Waals surface area contributed by atoms with Gasteiger partial charge in [0.05, 0.1) is 25.4 Å². The monoisotopic (exact) mass is 321 g/mol. The van der Waals surface area contributed by atoms with E-state index in [1.54, 1.807) is 0 Å². The van der Waals surface area contributed by atoms with Crippen LogP contribution >= 0.6 is 0 Å². The van der Waals surface area contributed by atoms with Crippen LogP contribution in [0, 0.1) is 0 Å². The van der Waals surface area contributed by atoms with Crippen molar-refractivity contribution in [3.8, 4) is 5.75 Å². The van der Waals surface area contributed by atoms with Gasteiger partial charge in [0.15, 0.2) is 0 Å². The van der Waals surface area contributed by atoms with Crippen LogP contribution in [-0.2, 0) is 10.3 Å². The van der Waals surface area contributed by atoms with E-state index in [-0.39, 0.29) is 0 Å². The molecule has 4 nitrogen and oxygen atoms in total. The number of hydrogen-bond donors (Lipinski definition) is 1. The second-order valence-corrected chi connectivity index (χ2v) is 6.32. The fourth-order valence-corrected chi connectivity index (χ4v) is 2.89. The van der Waals surface area contributed by atoms with Crippen molar-refractivity contribution < 1.29 is 14.6 Å². The van der Waals surface area contributed by atoms with Crippen LogP contribution in [0.1, 0.15) is 45.1 Å². The number of unbranched alkanes of at least 4 members (excludes halogenated alkanes) is 1. The van der Waals surface area contributed by atoms with Gasteiger partial charge in [-0.15, -0.1) is 0 Å². The molecule has 1 atom stereocenters. The molecule has 1 N–H and O–H groups in total. The summed E-state index contributed by atoms with van der Waals surface area (Å²) >= 11 is 0. The van der Waals surface area contributed by atoms with Crippen LogP contribution in [0.15, 0.2) is 24.3 Å². The van der Waals surface area contributed by atoms with E-state index >= 15 is 0 Å². The second-order valence-electron chi connectivity index (χ2n) is 6.32. The third-order valence-electron chi connectivity index (χ3n) is 4.69. The molecule has 1 aliphatic rings. The maximum Gasteiger partial charge on any atom is 0.119 e. The van der Waals surface area contributed by atoms with Crippen LogP contribution in [0.4, 0.5) is 0 Å². The van der Waals surface area contributed by atoms with Crippen molar-refractivity contribution in [1.82, 2.24) is 4.90 Å². The van der Waals surface area contributed by atoms with Crippen LogP contribution in [0.25, 0.3) is 0 Å². The van der Waals surface area contributed by atoms with Crippen LogP contribution < -0.4 is 4.74 Å². The zero-order valence-electron chi connectivity index (χ0n) is 14.6. The summed E-state index contributed by atoms with van der Waals surface area (Å²) in [5.74, 6) is 0.883. The van der Waals surface area contributed by atoms with Crippen molar-refractivity contribution in [3.05, 3.63) is 29.8 Å². The van der Waals surface area contributed by atoms with Gasteiger partial charge in [-0.2, -0.15) is 0 Å². The van der Waals surface area contributed by atoms with E-state index < -0.39 is 5.60 Å². The highest BCUT2D eigenvalue weighted by Gasteiger charge is 2.28. The molecule has 0 bridgehead atoms. The third-order valence-corrected chi connectivity index (χ3v) is 4.69. The lowest BCUT2D eigenvalue weighted by Gasteiger charge is -2.32. The molecule has 0 saturated carbocycles. The summed E-state index contributed by atoms with van der Waals surface area (Å²) in [6.45, 7) is 9.39. The summed E-state index contributed by atoms with van der Waals surface area (Å²) in [6.07, 6.45) is 3.67. The fourth-order valence-electron chi connectivity index (χ4n) is 2.89. The predicted octanol–water partition coefficient (Wildman–Crippen LogP) is 3.19. The molecule has 0 unspecified atom stereocenters. The minimum atomic E-state index is -0.764. The number of hydrogen-bond acceptors (Lipinski definition) is 4. The number of ether oxygens (including phenoxy) is 2. The Labute approximate surface area is 140 Å². The molecule has 0 amide bonds. The molecule has 1 aromatic carbocycles. The van der Waals surface area contributed by atoms with E-state index in [0.29, 0.717) is 6.42 Å². The summed E-state index contributed by atoms with van der Waals surface area (Å²) in [5, 5.41) is 11.0. The predicted molar refractivity (Wildman–Crippen MR) is 92.9 cm³/mol. The normalized spacial score (nSPS) is 18.6. The minimum Gasteiger partial charge on any atom is -0.494 e. The Hall–Kier alpha value is -1.10. The molecule has 4 heteroatoms. The molecule has 130 valence electrons. The van der Waals surface area contributed by atoms with E-state index in [2.05, 4.69) is 11.8 Å². The van der Waals surface area contributed by atoms with Gasteiger partial charge in [-0.1, -0.05) is 32.4 Å². The molecule has 0 radical (unpaired) electrons. The lowest BCUT2D eigenvalue weighted by molar-refractivity contribution is -0.00695. The summed E-state index contributed by atoms with van der Waals surface area (Å²) < 4.78 is 11.1. The smallest absolute Gasteiger partial charge is 0.119 e. The average Bonchev–Trinajstić information content (AvgIpc) is 2.61. The van der Waals surface area contributed by atoms with Gasteiger partial charge >= 0.3 is 0 Å². The Balaban J connectivity index is 1.91. The van der Waals surface area contributed by atoms with Gasteiger partial charge < -0.3 is 14.6 Å². The molecular formula is C19H31NO3. The molecule has 0 aliphatic carbocycles. The SMILES string of the molecule is CCCCOc1ccc([C@](O)(CC)CCN2CCOCC2)cc1. The van der Waals surface area contributed by atoms with E-state index in [1.807, 2.05) is 31.2 Å². The van der Waals surface area contributed by atoms with E-state index in [0.717, 1.165) is 70.0 Å². The highest BCUT2D eigenvalue weighted by molar-refractivity contribution is 5.31. The van der Waals surface area contributed by atoms with Gasteiger partial charge in [-0.25, -0.2) is 0 Å². The highest BCUT2D eigenvalue weighted by atomic mass is 16.5. The van der Waals surface area contributed by atoms with Crippen LogP contribution in [0.2, 0.25) is 0 Å². The number of nitrogens with zero attached hydrogens (tertiary/aromatic N) is 1. The van der Waals surface area contributed by atoms with E-state index in [4.69, 9.17) is 9.47 Å². The molecule has 1 aromatic rings. The Morgan fingerprint density at radius 1 is 1.17 bits per heavy atom. The zero-order chi connectivity index (χ0) is 16.5. The first-order valence-electron chi connectivity index (χ1n) is 8.94. The van der Waals surface area contributed by atoms with Crippen molar-refractivity contribution >= 4 is 0 Å². The van der Waals surface area contributed by atoms with Gasteiger partial charge in [0.1, 0.15) is 5.75 Å². The number of rotatable bonds is 9. The van der Waals surface area contributed by atoms with E-state index in [9.17, 15) is 5.11 Å². The van der Waals surface area contributed by atoms with Crippen molar-refractivity contribution in [3.63, 3.8) is 0 Å². The minimum absolute atomic E-state index is 0.716. The average molecular weight is 321 g/mol. The number of benzene rings is 1. The molecule has 1 aliphatic heterocycles. The highest BCUT2D eigenvalue weighted by Crippen LogP contribution is 2.30. The molecular weight excluding hydrogens is 290 g/mol. The summed E-state index contributed by atoms with van der Waals surface area (Å²) in [7, 11) is 0. The van der Waals surface area contributed by atoms with Crippen molar-refractivity contribution in [2.75, 3.05) is 39.5 Å².